The SMILES string of the molecule is Cn1c(C2CC2)nnc1C(C)(C)c1ccccn1. The van der Waals surface area contributed by atoms with E-state index in [1.54, 1.807) is 0 Å². The van der Waals surface area contributed by atoms with Gasteiger partial charge in [-0.2, -0.15) is 0 Å². The highest BCUT2D eigenvalue weighted by Gasteiger charge is 2.34. The van der Waals surface area contributed by atoms with Crippen molar-refractivity contribution >= 4 is 0 Å². The number of hydrogen-bond donors (Lipinski definition) is 0. The lowest BCUT2D eigenvalue weighted by molar-refractivity contribution is 0.540. The van der Waals surface area contributed by atoms with Crippen molar-refractivity contribution in [3.8, 4) is 0 Å². The number of rotatable bonds is 3. The smallest absolute Gasteiger partial charge is 0.144 e. The minimum absolute atomic E-state index is 0.212. The first-order chi connectivity index (χ1) is 8.60. The first-order valence-electron chi connectivity index (χ1n) is 6.42. The molecule has 18 heavy (non-hydrogen) atoms. The van der Waals surface area contributed by atoms with Gasteiger partial charge in [0.15, 0.2) is 0 Å². The van der Waals surface area contributed by atoms with Crippen LogP contribution in [-0.4, -0.2) is 19.7 Å². The second-order valence-electron chi connectivity index (χ2n) is 5.56. The second kappa shape index (κ2) is 3.90. The van der Waals surface area contributed by atoms with Gasteiger partial charge < -0.3 is 4.57 Å². The Hall–Kier alpha value is -1.71. The number of pyridine rings is 1. The summed E-state index contributed by atoms with van der Waals surface area (Å²) in [5.74, 6) is 2.73. The lowest BCUT2D eigenvalue weighted by Crippen LogP contribution is -2.25. The number of aromatic nitrogens is 4. The van der Waals surface area contributed by atoms with Gasteiger partial charge in [0.1, 0.15) is 11.6 Å². The van der Waals surface area contributed by atoms with Crippen LogP contribution < -0.4 is 0 Å². The molecule has 0 saturated heterocycles. The zero-order valence-electron chi connectivity index (χ0n) is 11.1. The first-order valence-corrected chi connectivity index (χ1v) is 6.42. The Morgan fingerprint density at radius 2 is 2.00 bits per heavy atom. The Bertz CT molecular complexity index is 552. The Kier molecular flexibility index (Phi) is 2.47. The van der Waals surface area contributed by atoms with E-state index in [0.717, 1.165) is 17.3 Å². The van der Waals surface area contributed by atoms with Gasteiger partial charge in [0, 0.05) is 19.2 Å². The summed E-state index contributed by atoms with van der Waals surface area (Å²) in [6, 6.07) is 6.00. The van der Waals surface area contributed by atoms with Gasteiger partial charge in [-0.1, -0.05) is 6.07 Å². The zero-order chi connectivity index (χ0) is 12.8. The molecule has 0 N–H and O–H groups in total. The molecule has 3 rings (SSSR count). The van der Waals surface area contributed by atoms with Crippen molar-refractivity contribution in [2.75, 3.05) is 0 Å². The molecule has 0 atom stereocenters. The van der Waals surface area contributed by atoms with Gasteiger partial charge in [-0.15, -0.1) is 10.2 Å². The Balaban J connectivity index is 2.03. The summed E-state index contributed by atoms with van der Waals surface area (Å²) in [7, 11) is 2.06. The highest BCUT2D eigenvalue weighted by atomic mass is 15.3. The third-order valence-corrected chi connectivity index (χ3v) is 3.72. The largest absolute Gasteiger partial charge is 0.317 e. The minimum Gasteiger partial charge on any atom is -0.317 e. The molecule has 4 nitrogen and oxygen atoms in total. The van der Waals surface area contributed by atoms with Gasteiger partial charge >= 0.3 is 0 Å². The second-order valence-corrected chi connectivity index (χ2v) is 5.56. The molecular formula is C14H18N4. The molecule has 1 aliphatic rings. The van der Waals surface area contributed by atoms with Crippen LogP contribution in [0.5, 0.6) is 0 Å². The molecule has 0 spiro atoms. The van der Waals surface area contributed by atoms with Crippen LogP contribution in [0.3, 0.4) is 0 Å². The van der Waals surface area contributed by atoms with E-state index in [1.165, 1.54) is 12.8 Å². The molecule has 94 valence electrons. The first kappa shape index (κ1) is 11.4. The molecule has 2 heterocycles. The van der Waals surface area contributed by atoms with Crippen molar-refractivity contribution < 1.29 is 0 Å². The number of nitrogens with zero attached hydrogens (tertiary/aromatic N) is 4. The topological polar surface area (TPSA) is 43.6 Å². The zero-order valence-corrected chi connectivity index (χ0v) is 11.1. The summed E-state index contributed by atoms with van der Waals surface area (Å²) in [6.07, 6.45) is 4.32. The van der Waals surface area contributed by atoms with Crippen LogP contribution in [-0.2, 0) is 12.5 Å². The molecular weight excluding hydrogens is 224 g/mol. The Morgan fingerprint density at radius 1 is 1.22 bits per heavy atom. The predicted molar refractivity (Wildman–Crippen MR) is 69.3 cm³/mol. The van der Waals surface area contributed by atoms with Crippen molar-refractivity contribution in [3.63, 3.8) is 0 Å². The van der Waals surface area contributed by atoms with Crippen LogP contribution in [0.25, 0.3) is 0 Å². The monoisotopic (exact) mass is 242 g/mol. The normalized spacial score (nSPS) is 15.9. The van der Waals surface area contributed by atoms with E-state index in [9.17, 15) is 0 Å². The molecule has 0 unspecified atom stereocenters. The van der Waals surface area contributed by atoms with Crippen molar-refractivity contribution in [1.82, 2.24) is 19.7 Å². The van der Waals surface area contributed by atoms with E-state index in [0.29, 0.717) is 5.92 Å². The minimum atomic E-state index is -0.212. The fourth-order valence-corrected chi connectivity index (χ4v) is 2.43. The summed E-state index contributed by atoms with van der Waals surface area (Å²) in [6.45, 7) is 4.30. The Labute approximate surface area is 107 Å². The molecule has 0 bridgehead atoms. The van der Waals surface area contributed by atoms with Gasteiger partial charge in [-0.25, -0.2) is 0 Å². The highest BCUT2D eigenvalue weighted by Crippen LogP contribution is 2.40. The van der Waals surface area contributed by atoms with E-state index >= 15 is 0 Å². The summed E-state index contributed by atoms with van der Waals surface area (Å²) in [4.78, 5) is 4.46. The molecule has 0 amide bonds. The van der Waals surface area contributed by atoms with Crippen LogP contribution in [0.15, 0.2) is 24.4 Å². The third kappa shape index (κ3) is 1.72. The maximum Gasteiger partial charge on any atom is 0.144 e. The van der Waals surface area contributed by atoms with E-state index in [-0.39, 0.29) is 5.41 Å². The molecule has 2 aromatic rings. The summed E-state index contributed by atoms with van der Waals surface area (Å²) in [5, 5.41) is 8.75. The molecule has 0 aromatic carbocycles. The third-order valence-electron chi connectivity index (χ3n) is 3.72. The standard InChI is InChI=1S/C14H18N4/c1-14(2,11-6-4-5-9-15-11)13-17-16-12(18(13)3)10-7-8-10/h4-6,9-10H,7-8H2,1-3H3. The van der Waals surface area contributed by atoms with Crippen molar-refractivity contribution in [2.24, 2.45) is 7.05 Å². The molecule has 4 heteroatoms. The lowest BCUT2D eigenvalue weighted by Gasteiger charge is -2.23. The van der Waals surface area contributed by atoms with E-state index in [1.807, 2.05) is 24.4 Å². The predicted octanol–water partition coefficient (Wildman–Crippen LogP) is 2.41. The van der Waals surface area contributed by atoms with E-state index in [4.69, 9.17) is 0 Å². The van der Waals surface area contributed by atoms with Crippen molar-refractivity contribution in [2.45, 2.75) is 38.0 Å². The highest BCUT2D eigenvalue weighted by molar-refractivity contribution is 5.26. The maximum atomic E-state index is 4.46. The average Bonchev–Trinajstić information content (AvgIpc) is 3.13. The van der Waals surface area contributed by atoms with Gasteiger partial charge in [0.2, 0.25) is 0 Å². The van der Waals surface area contributed by atoms with Crippen LogP contribution >= 0.6 is 0 Å². The molecule has 2 aromatic heterocycles. The fourth-order valence-electron chi connectivity index (χ4n) is 2.43. The van der Waals surface area contributed by atoms with Crippen molar-refractivity contribution in [3.05, 3.63) is 41.7 Å². The van der Waals surface area contributed by atoms with Gasteiger partial charge in [-0.05, 0) is 38.8 Å². The van der Waals surface area contributed by atoms with Crippen LogP contribution in [0.4, 0.5) is 0 Å². The molecule has 1 saturated carbocycles. The summed E-state index contributed by atoms with van der Waals surface area (Å²) in [5.41, 5.74) is 0.818. The Morgan fingerprint density at radius 3 is 2.61 bits per heavy atom. The van der Waals surface area contributed by atoms with E-state index in [2.05, 4.69) is 40.6 Å². The summed E-state index contributed by atoms with van der Waals surface area (Å²) >= 11 is 0. The van der Waals surface area contributed by atoms with E-state index < -0.39 is 0 Å². The molecule has 0 radical (unpaired) electrons. The van der Waals surface area contributed by atoms with Gasteiger partial charge in [-0.3, -0.25) is 4.98 Å². The van der Waals surface area contributed by atoms with Crippen LogP contribution in [0.1, 0.15) is 49.9 Å². The molecule has 1 fully saturated rings. The molecule has 1 aliphatic carbocycles. The number of hydrogen-bond acceptors (Lipinski definition) is 3. The maximum absolute atomic E-state index is 4.46. The van der Waals surface area contributed by atoms with Crippen molar-refractivity contribution in [1.29, 1.82) is 0 Å². The lowest BCUT2D eigenvalue weighted by atomic mass is 9.87. The fraction of sp³-hybridized carbons (Fsp3) is 0.500. The van der Waals surface area contributed by atoms with Crippen LogP contribution in [0, 0.1) is 0 Å². The van der Waals surface area contributed by atoms with Crippen LogP contribution in [0.2, 0.25) is 0 Å². The van der Waals surface area contributed by atoms with Gasteiger partial charge in [0.25, 0.3) is 0 Å². The molecule has 0 aliphatic heterocycles. The average molecular weight is 242 g/mol. The quantitative estimate of drug-likeness (QED) is 0.830. The van der Waals surface area contributed by atoms with Gasteiger partial charge in [0.05, 0.1) is 11.1 Å². The summed E-state index contributed by atoms with van der Waals surface area (Å²) < 4.78 is 2.15.